The molecule has 0 saturated heterocycles. The van der Waals surface area contributed by atoms with Crippen LogP contribution < -0.4 is 0 Å². The number of hydrogen-bond donors (Lipinski definition) is 0. The van der Waals surface area contributed by atoms with Crippen molar-refractivity contribution in [1.29, 1.82) is 0 Å². The Hall–Kier alpha value is -5.03. The molecule has 3 heterocycles. The molecule has 2 aromatic heterocycles. The fourth-order valence-electron chi connectivity index (χ4n) is 5.43. The Morgan fingerprint density at radius 3 is 2.32 bits per heavy atom. The molecule has 5 heteroatoms. The third kappa shape index (κ3) is 3.07. The standard InChI is InChI=1S/C32H20N4O/c1-2-9-20(10-3-1)31-33-32(35-34-31)21-11-8-12-22(17-21)36-27-15-6-4-13-23(27)25-18-26-24-14-5-7-16-29(24)37-30(26)19-28(25)36/h1-19,32H. The number of aromatic nitrogens is 1. The first-order valence-corrected chi connectivity index (χ1v) is 12.3. The summed E-state index contributed by atoms with van der Waals surface area (Å²) < 4.78 is 8.55. The molecule has 0 amide bonds. The largest absolute Gasteiger partial charge is 0.456 e. The number of fused-ring (bicyclic) bond motifs is 6. The number of rotatable bonds is 3. The summed E-state index contributed by atoms with van der Waals surface area (Å²) in [7, 11) is 0. The van der Waals surface area contributed by atoms with Gasteiger partial charge >= 0.3 is 0 Å². The fourth-order valence-corrected chi connectivity index (χ4v) is 5.43. The first kappa shape index (κ1) is 20.2. The molecule has 1 atom stereocenters. The van der Waals surface area contributed by atoms with Crippen LogP contribution in [0.2, 0.25) is 0 Å². The van der Waals surface area contributed by atoms with Gasteiger partial charge < -0.3 is 8.98 Å². The Kier molecular flexibility index (Phi) is 4.22. The SMILES string of the molecule is c1ccc(C2=NC(c3cccc(-n4c5ccccc5c5cc6c(cc54)oc4ccccc46)c3)N=N2)cc1. The van der Waals surface area contributed by atoms with E-state index < -0.39 is 0 Å². The van der Waals surface area contributed by atoms with Gasteiger partial charge in [0.1, 0.15) is 11.2 Å². The lowest BCUT2D eigenvalue weighted by Crippen LogP contribution is -1.97. The number of azo groups is 1. The highest BCUT2D eigenvalue weighted by atomic mass is 16.3. The van der Waals surface area contributed by atoms with Crippen LogP contribution in [0.25, 0.3) is 49.4 Å². The van der Waals surface area contributed by atoms with Crippen molar-refractivity contribution in [2.75, 3.05) is 0 Å². The minimum atomic E-state index is -0.356. The smallest absolute Gasteiger partial charge is 0.188 e. The molecule has 1 aliphatic heterocycles. The van der Waals surface area contributed by atoms with Crippen molar-refractivity contribution in [2.24, 2.45) is 15.2 Å². The number of para-hydroxylation sites is 2. The summed E-state index contributed by atoms with van der Waals surface area (Å²) in [5.74, 6) is 0.667. The zero-order valence-electron chi connectivity index (χ0n) is 19.7. The molecule has 0 fully saturated rings. The Balaban J connectivity index is 1.32. The lowest BCUT2D eigenvalue weighted by Gasteiger charge is -2.11. The van der Waals surface area contributed by atoms with Gasteiger partial charge in [-0.3, -0.25) is 0 Å². The number of benzene rings is 5. The predicted octanol–water partition coefficient (Wildman–Crippen LogP) is 8.59. The summed E-state index contributed by atoms with van der Waals surface area (Å²) in [6.07, 6.45) is -0.356. The molecule has 1 unspecified atom stereocenters. The molecule has 0 bridgehead atoms. The zero-order chi connectivity index (χ0) is 24.3. The maximum atomic E-state index is 6.25. The van der Waals surface area contributed by atoms with Gasteiger partial charge in [-0.15, -0.1) is 5.11 Å². The molecule has 37 heavy (non-hydrogen) atoms. The Labute approximate surface area is 212 Å². The lowest BCUT2D eigenvalue weighted by atomic mass is 10.1. The van der Waals surface area contributed by atoms with Crippen molar-refractivity contribution in [2.45, 2.75) is 6.17 Å². The molecule has 7 aromatic rings. The van der Waals surface area contributed by atoms with Crippen molar-refractivity contribution in [1.82, 2.24) is 4.57 Å². The van der Waals surface area contributed by atoms with Gasteiger partial charge in [-0.05, 0) is 30.3 Å². The summed E-state index contributed by atoms with van der Waals surface area (Å²) >= 11 is 0. The van der Waals surface area contributed by atoms with Crippen molar-refractivity contribution >= 4 is 49.6 Å². The van der Waals surface area contributed by atoms with Gasteiger partial charge in [-0.2, -0.15) is 5.11 Å². The summed E-state index contributed by atoms with van der Waals surface area (Å²) in [6, 6.07) is 39.6. The van der Waals surface area contributed by atoms with Crippen molar-refractivity contribution in [3.8, 4) is 5.69 Å². The fraction of sp³-hybridized carbons (Fsp3) is 0.0312. The van der Waals surface area contributed by atoms with Crippen LogP contribution in [0.15, 0.2) is 135 Å². The van der Waals surface area contributed by atoms with E-state index in [2.05, 4.69) is 87.6 Å². The molecule has 174 valence electrons. The minimum Gasteiger partial charge on any atom is -0.456 e. The van der Waals surface area contributed by atoms with Gasteiger partial charge in [0.25, 0.3) is 0 Å². The molecular formula is C32H20N4O. The minimum absolute atomic E-state index is 0.356. The van der Waals surface area contributed by atoms with Gasteiger partial charge in [-0.25, -0.2) is 4.99 Å². The van der Waals surface area contributed by atoms with Crippen LogP contribution in [-0.4, -0.2) is 10.4 Å². The quantitative estimate of drug-likeness (QED) is 0.252. The molecule has 5 aromatic carbocycles. The highest BCUT2D eigenvalue weighted by molar-refractivity contribution is 6.17. The van der Waals surface area contributed by atoms with E-state index in [1.807, 2.05) is 42.5 Å². The number of nitrogens with zero attached hydrogens (tertiary/aromatic N) is 4. The van der Waals surface area contributed by atoms with Crippen LogP contribution in [0.5, 0.6) is 0 Å². The molecule has 8 rings (SSSR count). The van der Waals surface area contributed by atoms with E-state index in [4.69, 9.17) is 9.41 Å². The molecule has 0 aliphatic carbocycles. The van der Waals surface area contributed by atoms with Crippen LogP contribution in [0.4, 0.5) is 0 Å². The van der Waals surface area contributed by atoms with E-state index in [1.165, 1.54) is 10.8 Å². The van der Waals surface area contributed by atoms with Crippen LogP contribution in [0, 0.1) is 0 Å². The molecule has 0 radical (unpaired) electrons. The van der Waals surface area contributed by atoms with Gasteiger partial charge in [0.2, 0.25) is 0 Å². The van der Waals surface area contributed by atoms with Crippen LogP contribution >= 0.6 is 0 Å². The second kappa shape index (κ2) is 7.73. The van der Waals surface area contributed by atoms with Crippen molar-refractivity contribution in [3.05, 3.63) is 126 Å². The lowest BCUT2D eigenvalue weighted by molar-refractivity contribution is 0.669. The average molecular weight is 477 g/mol. The van der Waals surface area contributed by atoms with E-state index in [9.17, 15) is 0 Å². The monoisotopic (exact) mass is 476 g/mol. The summed E-state index contributed by atoms with van der Waals surface area (Å²) in [4.78, 5) is 4.80. The maximum absolute atomic E-state index is 6.25. The van der Waals surface area contributed by atoms with Gasteiger partial charge in [0.15, 0.2) is 12.0 Å². The molecular weight excluding hydrogens is 456 g/mol. The Bertz CT molecular complexity index is 2050. The molecule has 0 N–H and O–H groups in total. The van der Waals surface area contributed by atoms with Crippen LogP contribution in [0.3, 0.4) is 0 Å². The second-order valence-electron chi connectivity index (χ2n) is 9.32. The van der Waals surface area contributed by atoms with E-state index >= 15 is 0 Å². The zero-order valence-corrected chi connectivity index (χ0v) is 19.7. The number of hydrogen-bond acceptors (Lipinski definition) is 4. The maximum Gasteiger partial charge on any atom is 0.188 e. The molecule has 1 aliphatic rings. The van der Waals surface area contributed by atoms with E-state index in [-0.39, 0.29) is 6.17 Å². The second-order valence-corrected chi connectivity index (χ2v) is 9.32. The average Bonchev–Trinajstić information content (AvgIpc) is 3.67. The van der Waals surface area contributed by atoms with E-state index in [1.54, 1.807) is 0 Å². The third-order valence-electron chi connectivity index (χ3n) is 7.14. The van der Waals surface area contributed by atoms with Gasteiger partial charge in [0.05, 0.1) is 11.0 Å². The highest BCUT2D eigenvalue weighted by Gasteiger charge is 2.20. The van der Waals surface area contributed by atoms with E-state index in [0.29, 0.717) is 5.84 Å². The molecule has 0 saturated carbocycles. The number of amidine groups is 1. The van der Waals surface area contributed by atoms with Crippen molar-refractivity contribution < 1.29 is 4.42 Å². The highest BCUT2D eigenvalue weighted by Crippen LogP contribution is 2.38. The van der Waals surface area contributed by atoms with Gasteiger partial charge in [0, 0.05) is 44.4 Å². The van der Waals surface area contributed by atoms with Crippen LogP contribution in [0.1, 0.15) is 17.3 Å². The van der Waals surface area contributed by atoms with E-state index in [0.717, 1.165) is 49.8 Å². The summed E-state index contributed by atoms with van der Waals surface area (Å²) in [6.45, 7) is 0. The molecule has 0 spiro atoms. The molecule has 5 nitrogen and oxygen atoms in total. The normalized spacial score (nSPS) is 15.4. The number of aliphatic imine (C=N–C) groups is 1. The topological polar surface area (TPSA) is 55.1 Å². The summed E-state index contributed by atoms with van der Waals surface area (Å²) in [5.41, 5.74) is 7.07. The number of furan rings is 1. The van der Waals surface area contributed by atoms with Crippen LogP contribution in [-0.2, 0) is 0 Å². The first-order chi connectivity index (χ1) is 18.3. The van der Waals surface area contributed by atoms with Crippen molar-refractivity contribution in [3.63, 3.8) is 0 Å². The first-order valence-electron chi connectivity index (χ1n) is 12.3. The Morgan fingerprint density at radius 1 is 0.595 bits per heavy atom. The predicted molar refractivity (Wildman–Crippen MR) is 149 cm³/mol. The van der Waals surface area contributed by atoms with Gasteiger partial charge in [-0.1, -0.05) is 78.9 Å². The summed E-state index contributed by atoms with van der Waals surface area (Å²) in [5, 5.41) is 13.5. The third-order valence-corrected chi connectivity index (χ3v) is 7.14. The Morgan fingerprint density at radius 2 is 1.41 bits per heavy atom.